The zero-order valence-electron chi connectivity index (χ0n) is 17.0. The van der Waals surface area contributed by atoms with E-state index >= 15 is 0 Å². The van der Waals surface area contributed by atoms with Crippen LogP contribution in [0, 0.1) is 0 Å². The monoisotopic (exact) mass is 451 g/mol. The van der Waals surface area contributed by atoms with Crippen molar-refractivity contribution in [3.05, 3.63) is 47.7 Å². The van der Waals surface area contributed by atoms with E-state index in [9.17, 15) is 22.8 Å². The van der Waals surface area contributed by atoms with Crippen LogP contribution in [0.5, 0.6) is 0 Å². The maximum Gasteiger partial charge on any atom is 0.274 e. The van der Waals surface area contributed by atoms with Gasteiger partial charge >= 0.3 is 0 Å². The molecule has 12 heteroatoms. The van der Waals surface area contributed by atoms with Crippen LogP contribution in [0.1, 0.15) is 25.3 Å². The summed E-state index contributed by atoms with van der Waals surface area (Å²) in [6.07, 6.45) is 1.94. The number of sulfonamides is 1. The van der Waals surface area contributed by atoms with E-state index in [0.29, 0.717) is 12.8 Å². The first-order valence-electron chi connectivity index (χ1n) is 9.54. The van der Waals surface area contributed by atoms with E-state index in [2.05, 4.69) is 10.3 Å². The molecule has 0 bridgehead atoms. The fraction of sp³-hybridized carbons (Fsp3) is 0.368. The average molecular weight is 452 g/mol. The molecule has 1 aliphatic heterocycles. The first kappa shape index (κ1) is 24.2. The van der Waals surface area contributed by atoms with Crippen molar-refractivity contribution in [2.24, 2.45) is 10.7 Å². The average Bonchev–Trinajstić information content (AvgIpc) is 2.76. The molecule has 1 heterocycles. The van der Waals surface area contributed by atoms with Crippen LogP contribution in [-0.2, 0) is 35.9 Å². The molecule has 0 aromatic heterocycles. The van der Waals surface area contributed by atoms with E-state index in [1.54, 1.807) is 24.3 Å². The first-order valence-corrected chi connectivity index (χ1v) is 11.2. The second-order valence-corrected chi connectivity index (χ2v) is 8.42. The van der Waals surface area contributed by atoms with Crippen LogP contribution in [0.2, 0.25) is 0 Å². The van der Waals surface area contributed by atoms with Crippen LogP contribution in [0.4, 0.5) is 0 Å². The van der Waals surface area contributed by atoms with Gasteiger partial charge in [-0.05, 0) is 12.0 Å². The Morgan fingerprint density at radius 3 is 2.58 bits per heavy atom. The molecule has 0 fully saturated rings. The summed E-state index contributed by atoms with van der Waals surface area (Å²) in [5, 5.41) is 3.05. The number of hydrogen-bond acceptors (Lipinski definition) is 9. The number of benzene rings is 1. The van der Waals surface area contributed by atoms with Crippen molar-refractivity contribution < 1.29 is 27.6 Å². The number of nitrogens with two attached hydrogens (primary N) is 1. The maximum absolute atomic E-state index is 12.4. The number of rotatable bonds is 10. The number of unbranched alkanes of at least 4 members (excludes halogenated alkanes) is 1. The van der Waals surface area contributed by atoms with E-state index in [0.717, 1.165) is 23.0 Å². The third kappa shape index (κ3) is 7.59. The summed E-state index contributed by atoms with van der Waals surface area (Å²) in [7, 11) is -3.81. The molecule has 0 saturated carbocycles. The van der Waals surface area contributed by atoms with E-state index in [1.807, 2.05) is 17.7 Å². The smallest absolute Gasteiger partial charge is 0.274 e. The van der Waals surface area contributed by atoms with Crippen molar-refractivity contribution in [3.63, 3.8) is 0 Å². The first-order chi connectivity index (χ1) is 14.8. The molecule has 31 heavy (non-hydrogen) atoms. The fourth-order valence-electron chi connectivity index (χ4n) is 2.43. The molecular weight excluding hydrogens is 426 g/mol. The summed E-state index contributed by atoms with van der Waals surface area (Å²) in [6, 6.07) is 9.00. The van der Waals surface area contributed by atoms with Crippen LogP contribution in [0.15, 0.2) is 47.1 Å². The lowest BCUT2D eigenvalue weighted by atomic mass is 10.2. The number of hydroxylamine groups is 2. The van der Waals surface area contributed by atoms with Crippen LogP contribution in [-0.4, -0.2) is 55.9 Å². The minimum absolute atomic E-state index is 0.0329. The van der Waals surface area contributed by atoms with Gasteiger partial charge in [-0.3, -0.25) is 29.5 Å². The molecule has 1 aromatic carbocycles. The van der Waals surface area contributed by atoms with Crippen LogP contribution in [0.25, 0.3) is 0 Å². The number of carbonyl (C=O) groups excluding carboxylic acids is 3. The Bertz CT molecular complexity index is 961. The van der Waals surface area contributed by atoms with Crippen molar-refractivity contribution in [2.45, 2.75) is 32.5 Å². The highest BCUT2D eigenvalue weighted by molar-refractivity contribution is 7.90. The predicted octanol–water partition coefficient (Wildman–Crippen LogP) is -0.438. The van der Waals surface area contributed by atoms with Crippen LogP contribution >= 0.6 is 0 Å². The van der Waals surface area contributed by atoms with Gasteiger partial charge in [0.15, 0.2) is 0 Å². The molecular formula is C19H25N5O6S. The summed E-state index contributed by atoms with van der Waals surface area (Å²) in [4.78, 5) is 45.8. The molecule has 0 spiro atoms. The van der Waals surface area contributed by atoms with Gasteiger partial charge in [-0.15, -0.1) is 0 Å². The number of amides is 3. The Morgan fingerprint density at radius 2 is 1.94 bits per heavy atom. The molecule has 1 aromatic rings. The largest absolute Gasteiger partial charge is 0.322 e. The topological polar surface area (TPSA) is 160 Å². The normalized spacial score (nSPS) is 15.9. The van der Waals surface area contributed by atoms with Gasteiger partial charge < -0.3 is 5.73 Å². The van der Waals surface area contributed by atoms with Gasteiger partial charge in [0.1, 0.15) is 6.61 Å². The predicted molar refractivity (Wildman–Crippen MR) is 112 cm³/mol. The van der Waals surface area contributed by atoms with E-state index in [-0.39, 0.29) is 17.9 Å². The number of nitrogens with zero attached hydrogens (tertiary/aromatic N) is 2. The Hall–Kier alpha value is -3.09. The lowest BCUT2D eigenvalue weighted by Gasteiger charge is -2.28. The molecule has 1 unspecified atom stereocenters. The van der Waals surface area contributed by atoms with Gasteiger partial charge in [-0.25, -0.2) is 18.2 Å². The Labute approximate surface area is 180 Å². The molecule has 1 aliphatic rings. The summed E-state index contributed by atoms with van der Waals surface area (Å²) >= 11 is 0. The zero-order valence-corrected chi connectivity index (χ0v) is 17.8. The highest BCUT2D eigenvalue weighted by Crippen LogP contribution is 2.15. The second kappa shape index (κ2) is 11.3. The highest BCUT2D eigenvalue weighted by atomic mass is 32.2. The summed E-state index contributed by atoms with van der Waals surface area (Å²) in [5.74, 6) is -2.63. The van der Waals surface area contributed by atoms with Gasteiger partial charge in [0.05, 0.1) is 17.9 Å². The van der Waals surface area contributed by atoms with E-state index < -0.39 is 40.5 Å². The number of nitrogens with one attached hydrogen (secondary N) is 2. The maximum atomic E-state index is 12.4. The van der Waals surface area contributed by atoms with Gasteiger partial charge in [0.2, 0.25) is 22.1 Å². The van der Waals surface area contributed by atoms with Crippen molar-refractivity contribution in [3.8, 4) is 0 Å². The number of imide groups is 1. The third-order valence-electron chi connectivity index (χ3n) is 4.04. The lowest BCUT2D eigenvalue weighted by Crippen LogP contribution is -2.49. The lowest BCUT2D eigenvalue weighted by molar-refractivity contribution is -0.171. The zero-order chi connectivity index (χ0) is 22.9. The van der Waals surface area contributed by atoms with Crippen molar-refractivity contribution in [1.29, 1.82) is 0 Å². The second-order valence-electron chi connectivity index (χ2n) is 6.58. The Morgan fingerprint density at radius 1 is 1.23 bits per heavy atom. The molecule has 3 amide bonds. The number of aliphatic imine (C=N–C) groups is 1. The van der Waals surface area contributed by atoms with E-state index in [4.69, 9.17) is 10.6 Å². The van der Waals surface area contributed by atoms with Gasteiger partial charge in [-0.2, -0.15) is 0 Å². The summed E-state index contributed by atoms with van der Waals surface area (Å²) in [5.41, 5.74) is 5.84. The van der Waals surface area contributed by atoms with Crippen molar-refractivity contribution in [1.82, 2.24) is 15.1 Å². The standard InChI is InChI=1S/C19H25N5O6S/c1-2-3-9-31(28,29)23-18(26)15-11-21-17(19(27)22-16(25)10-20)24(12-15)30-13-14-7-5-4-6-8-14/h4-8,11-12,17H,2-3,9-10,13,20H2,1H3,(H,23,26)(H,22,25,27). The minimum Gasteiger partial charge on any atom is -0.322 e. The molecule has 1 atom stereocenters. The van der Waals surface area contributed by atoms with Gasteiger partial charge in [0.25, 0.3) is 11.8 Å². The van der Waals surface area contributed by atoms with E-state index in [1.165, 1.54) is 0 Å². The molecule has 0 saturated heterocycles. The Kier molecular flexibility index (Phi) is 8.85. The van der Waals surface area contributed by atoms with Crippen molar-refractivity contribution >= 4 is 34.0 Å². The molecule has 2 rings (SSSR count). The minimum atomic E-state index is -3.81. The van der Waals surface area contributed by atoms with Crippen molar-refractivity contribution in [2.75, 3.05) is 12.3 Å². The van der Waals surface area contributed by atoms with Crippen LogP contribution < -0.4 is 15.8 Å². The number of carbonyl (C=O) groups is 3. The number of hydrogen-bond donors (Lipinski definition) is 3. The SMILES string of the molecule is CCCCS(=O)(=O)NC(=O)C1=CN(OCc2ccccc2)C(C(=O)NC(=O)CN)N=C1. The molecule has 0 radical (unpaired) electrons. The molecule has 0 aliphatic carbocycles. The molecule has 11 nitrogen and oxygen atoms in total. The van der Waals surface area contributed by atoms with Gasteiger partial charge in [0, 0.05) is 12.4 Å². The van der Waals surface area contributed by atoms with Crippen LogP contribution in [0.3, 0.4) is 0 Å². The summed E-state index contributed by atoms with van der Waals surface area (Å²) < 4.78 is 26.0. The highest BCUT2D eigenvalue weighted by Gasteiger charge is 2.30. The molecule has 4 N–H and O–H groups in total. The quantitative estimate of drug-likeness (QED) is 0.432. The fourth-order valence-corrected chi connectivity index (χ4v) is 3.60. The third-order valence-corrected chi connectivity index (χ3v) is 5.37. The van der Waals surface area contributed by atoms with Gasteiger partial charge in [-0.1, -0.05) is 43.7 Å². The summed E-state index contributed by atoms with van der Waals surface area (Å²) in [6.45, 7) is 1.47. The Balaban J connectivity index is 2.18. The molecule has 168 valence electrons.